The summed E-state index contributed by atoms with van der Waals surface area (Å²) in [5.41, 5.74) is 1.04. The van der Waals surface area contributed by atoms with Gasteiger partial charge in [0.1, 0.15) is 5.82 Å². The van der Waals surface area contributed by atoms with Crippen molar-refractivity contribution >= 4 is 17.3 Å². The summed E-state index contributed by atoms with van der Waals surface area (Å²) in [5, 5.41) is 5.45. The molecule has 0 aliphatic heterocycles. The lowest BCUT2D eigenvalue weighted by molar-refractivity contribution is -0.114. The van der Waals surface area contributed by atoms with Crippen molar-refractivity contribution in [2.75, 3.05) is 17.2 Å². The van der Waals surface area contributed by atoms with Crippen LogP contribution >= 0.6 is 0 Å². The molecule has 0 spiro atoms. The Kier molecular flexibility index (Phi) is 3.91. The van der Waals surface area contributed by atoms with E-state index in [0.29, 0.717) is 0 Å². The summed E-state index contributed by atoms with van der Waals surface area (Å²) in [6.45, 7) is 0.0956. The van der Waals surface area contributed by atoms with Crippen LogP contribution in [0.4, 0.5) is 15.8 Å². The number of halogens is 1. The lowest BCUT2D eigenvalue weighted by Gasteiger charge is -2.08. The Hall–Kier alpha value is -2.36. The van der Waals surface area contributed by atoms with E-state index in [-0.39, 0.29) is 18.1 Å². The Morgan fingerprint density at radius 1 is 1.00 bits per heavy atom. The first kappa shape index (κ1) is 12.1. The van der Waals surface area contributed by atoms with Crippen LogP contribution in [0, 0.1) is 5.82 Å². The van der Waals surface area contributed by atoms with Gasteiger partial charge in [-0.1, -0.05) is 30.3 Å². The zero-order valence-electron chi connectivity index (χ0n) is 9.69. The van der Waals surface area contributed by atoms with Crippen LogP contribution in [0.25, 0.3) is 0 Å². The standard InChI is InChI=1S/C14H13FN2O/c15-12-8-4-5-9-13(12)17-14(18)10-16-11-6-2-1-3-7-11/h1-9,16H,10H2,(H,17,18). The quantitative estimate of drug-likeness (QED) is 0.868. The molecular weight excluding hydrogens is 231 g/mol. The fourth-order valence-corrected chi connectivity index (χ4v) is 1.50. The van der Waals surface area contributed by atoms with Crippen molar-refractivity contribution in [2.45, 2.75) is 0 Å². The predicted octanol–water partition coefficient (Wildman–Crippen LogP) is 2.88. The number of hydrogen-bond donors (Lipinski definition) is 2. The second-order valence-corrected chi connectivity index (χ2v) is 3.75. The first-order valence-corrected chi connectivity index (χ1v) is 5.59. The molecule has 2 aromatic carbocycles. The zero-order chi connectivity index (χ0) is 12.8. The molecule has 18 heavy (non-hydrogen) atoms. The van der Waals surface area contributed by atoms with Crippen LogP contribution in [-0.2, 0) is 4.79 Å². The fraction of sp³-hybridized carbons (Fsp3) is 0.0714. The molecule has 0 bridgehead atoms. The van der Waals surface area contributed by atoms with E-state index in [4.69, 9.17) is 0 Å². The highest BCUT2D eigenvalue weighted by Gasteiger charge is 2.05. The third kappa shape index (κ3) is 3.31. The number of rotatable bonds is 4. The topological polar surface area (TPSA) is 41.1 Å². The highest BCUT2D eigenvalue weighted by molar-refractivity contribution is 5.93. The highest BCUT2D eigenvalue weighted by Crippen LogP contribution is 2.12. The normalized spacial score (nSPS) is 9.83. The average Bonchev–Trinajstić information content (AvgIpc) is 2.40. The number of para-hydroxylation sites is 2. The Bertz CT molecular complexity index is 528. The summed E-state index contributed by atoms with van der Waals surface area (Å²) in [6, 6.07) is 15.4. The average molecular weight is 244 g/mol. The van der Waals surface area contributed by atoms with E-state index in [0.717, 1.165) is 5.69 Å². The first-order valence-electron chi connectivity index (χ1n) is 5.59. The van der Waals surface area contributed by atoms with Crippen molar-refractivity contribution in [3.05, 3.63) is 60.4 Å². The largest absolute Gasteiger partial charge is 0.376 e. The van der Waals surface area contributed by atoms with Gasteiger partial charge >= 0.3 is 0 Å². The van der Waals surface area contributed by atoms with Gasteiger partial charge in [0, 0.05) is 5.69 Å². The lowest BCUT2D eigenvalue weighted by Crippen LogP contribution is -2.22. The number of anilines is 2. The van der Waals surface area contributed by atoms with E-state index in [1.807, 2.05) is 30.3 Å². The Balaban J connectivity index is 1.88. The molecule has 0 unspecified atom stereocenters. The van der Waals surface area contributed by atoms with Crippen molar-refractivity contribution in [2.24, 2.45) is 0 Å². The van der Waals surface area contributed by atoms with Crippen LogP contribution in [0.1, 0.15) is 0 Å². The van der Waals surface area contributed by atoms with Crippen LogP contribution in [0.2, 0.25) is 0 Å². The summed E-state index contributed by atoms with van der Waals surface area (Å²) < 4.78 is 13.3. The lowest BCUT2D eigenvalue weighted by atomic mass is 10.3. The van der Waals surface area contributed by atoms with Gasteiger partial charge in [-0.05, 0) is 24.3 Å². The molecule has 4 heteroatoms. The highest BCUT2D eigenvalue weighted by atomic mass is 19.1. The molecule has 0 aliphatic carbocycles. The van der Waals surface area contributed by atoms with Gasteiger partial charge < -0.3 is 10.6 Å². The van der Waals surface area contributed by atoms with Gasteiger partial charge in [-0.2, -0.15) is 0 Å². The van der Waals surface area contributed by atoms with Crippen LogP contribution < -0.4 is 10.6 Å². The van der Waals surface area contributed by atoms with Crippen molar-refractivity contribution in [1.82, 2.24) is 0 Å². The van der Waals surface area contributed by atoms with Gasteiger partial charge in [0.15, 0.2) is 0 Å². The number of benzene rings is 2. The summed E-state index contributed by atoms with van der Waals surface area (Å²) in [5.74, 6) is -0.727. The minimum Gasteiger partial charge on any atom is -0.376 e. The summed E-state index contributed by atoms with van der Waals surface area (Å²) >= 11 is 0. The third-order valence-electron chi connectivity index (χ3n) is 2.37. The van der Waals surface area contributed by atoms with E-state index in [1.54, 1.807) is 12.1 Å². The van der Waals surface area contributed by atoms with Gasteiger partial charge in [0.25, 0.3) is 0 Å². The Labute approximate surface area is 105 Å². The number of carbonyl (C=O) groups excluding carboxylic acids is 1. The molecule has 0 saturated heterocycles. The minimum absolute atomic E-state index is 0.0956. The SMILES string of the molecule is O=C(CNc1ccccc1)Nc1ccccc1F. The molecule has 0 heterocycles. The first-order chi connectivity index (χ1) is 8.75. The summed E-state index contributed by atoms with van der Waals surface area (Å²) in [7, 11) is 0. The van der Waals surface area contributed by atoms with Gasteiger partial charge in [0.05, 0.1) is 12.2 Å². The fourth-order valence-electron chi connectivity index (χ4n) is 1.50. The zero-order valence-corrected chi connectivity index (χ0v) is 9.69. The smallest absolute Gasteiger partial charge is 0.243 e. The van der Waals surface area contributed by atoms with Crippen molar-refractivity contribution in [3.8, 4) is 0 Å². The third-order valence-corrected chi connectivity index (χ3v) is 2.37. The van der Waals surface area contributed by atoms with E-state index in [1.165, 1.54) is 12.1 Å². The monoisotopic (exact) mass is 244 g/mol. The number of carbonyl (C=O) groups is 1. The van der Waals surface area contributed by atoms with Crippen molar-refractivity contribution < 1.29 is 9.18 Å². The van der Waals surface area contributed by atoms with Crippen molar-refractivity contribution in [1.29, 1.82) is 0 Å². The van der Waals surface area contributed by atoms with E-state index in [2.05, 4.69) is 10.6 Å². The second-order valence-electron chi connectivity index (χ2n) is 3.75. The molecule has 0 atom stereocenters. The minimum atomic E-state index is -0.439. The van der Waals surface area contributed by atoms with Gasteiger partial charge in [-0.25, -0.2) is 4.39 Å². The van der Waals surface area contributed by atoms with E-state index in [9.17, 15) is 9.18 Å². The molecule has 2 N–H and O–H groups in total. The maximum absolute atomic E-state index is 13.3. The molecule has 1 amide bonds. The summed E-state index contributed by atoms with van der Waals surface area (Å²) in [6.07, 6.45) is 0. The maximum atomic E-state index is 13.3. The van der Waals surface area contributed by atoms with Crippen LogP contribution in [0.5, 0.6) is 0 Å². The van der Waals surface area contributed by atoms with Crippen LogP contribution in [0.15, 0.2) is 54.6 Å². The Morgan fingerprint density at radius 2 is 1.67 bits per heavy atom. The molecular formula is C14H13FN2O. The second kappa shape index (κ2) is 5.82. The summed E-state index contributed by atoms with van der Waals surface area (Å²) in [4.78, 5) is 11.6. The molecule has 2 rings (SSSR count). The molecule has 0 fully saturated rings. The Morgan fingerprint density at radius 3 is 2.39 bits per heavy atom. The predicted molar refractivity (Wildman–Crippen MR) is 70.0 cm³/mol. The number of nitrogens with one attached hydrogen (secondary N) is 2. The van der Waals surface area contributed by atoms with E-state index >= 15 is 0 Å². The molecule has 92 valence electrons. The molecule has 3 nitrogen and oxygen atoms in total. The maximum Gasteiger partial charge on any atom is 0.243 e. The molecule has 2 aromatic rings. The van der Waals surface area contributed by atoms with Crippen molar-refractivity contribution in [3.63, 3.8) is 0 Å². The van der Waals surface area contributed by atoms with Gasteiger partial charge in [-0.3, -0.25) is 4.79 Å². The van der Waals surface area contributed by atoms with Gasteiger partial charge in [0.2, 0.25) is 5.91 Å². The molecule has 0 radical (unpaired) electrons. The van der Waals surface area contributed by atoms with Crippen LogP contribution in [-0.4, -0.2) is 12.5 Å². The van der Waals surface area contributed by atoms with E-state index < -0.39 is 5.82 Å². The molecule has 0 saturated carbocycles. The van der Waals surface area contributed by atoms with Crippen LogP contribution in [0.3, 0.4) is 0 Å². The number of hydrogen-bond acceptors (Lipinski definition) is 2. The number of amides is 1. The molecule has 0 aliphatic rings. The van der Waals surface area contributed by atoms with Gasteiger partial charge in [-0.15, -0.1) is 0 Å². The molecule has 0 aromatic heterocycles.